The highest BCUT2D eigenvalue weighted by molar-refractivity contribution is 7.92. The maximum atomic E-state index is 12.6. The fourth-order valence-electron chi connectivity index (χ4n) is 2.66. The molecule has 1 heterocycles. The highest BCUT2D eigenvalue weighted by Crippen LogP contribution is 2.21. The van der Waals surface area contributed by atoms with Gasteiger partial charge in [0, 0.05) is 11.3 Å². The number of nitrogens with zero attached hydrogens (tertiary/aromatic N) is 1. The van der Waals surface area contributed by atoms with Crippen LogP contribution in [0.1, 0.15) is 26.5 Å². The largest absolute Gasteiger partial charge is 0.405 e. The second kappa shape index (κ2) is 9.32. The zero-order valence-electron chi connectivity index (χ0n) is 16.9. The number of hydrogen-bond donors (Lipinski definition) is 3. The summed E-state index contributed by atoms with van der Waals surface area (Å²) in [7, 11) is -4.09. The quantitative estimate of drug-likeness (QED) is 0.474. The van der Waals surface area contributed by atoms with Crippen LogP contribution in [0.5, 0.6) is 0 Å². The van der Waals surface area contributed by atoms with Gasteiger partial charge in [0.2, 0.25) is 0 Å². The molecule has 0 aliphatic rings. The molecule has 0 aliphatic heterocycles. The Kier molecular flexibility index (Phi) is 6.72. The molecule has 3 aromatic rings. The molecule has 0 saturated heterocycles. The van der Waals surface area contributed by atoms with Gasteiger partial charge in [0.15, 0.2) is 0 Å². The van der Waals surface area contributed by atoms with E-state index in [-0.39, 0.29) is 21.7 Å². The number of alkyl halides is 3. The number of anilines is 2. The van der Waals surface area contributed by atoms with E-state index in [4.69, 9.17) is 4.52 Å². The third-order valence-electron chi connectivity index (χ3n) is 4.24. The zero-order valence-corrected chi connectivity index (χ0v) is 17.8. The lowest BCUT2D eigenvalue weighted by molar-refractivity contribution is -0.123. The standard InChI is InChI=1S/C20H17F3N4O5S/c1-12-17(10-25-32-12)19(29)26-14-3-2-4-15(9-14)27-33(30,31)16-7-5-13(6-8-16)18(28)24-11-20(21,22)23/h2-10,27H,11H2,1H3,(H,24,28)(H,26,29). The lowest BCUT2D eigenvalue weighted by Gasteiger charge is -2.11. The number of rotatable bonds is 7. The zero-order chi connectivity index (χ0) is 24.2. The second-order valence-electron chi connectivity index (χ2n) is 6.76. The van der Waals surface area contributed by atoms with Crippen LogP contribution in [0, 0.1) is 6.92 Å². The molecule has 13 heteroatoms. The Labute approximate surface area is 186 Å². The second-order valence-corrected chi connectivity index (χ2v) is 8.44. The number of halogens is 3. The van der Waals surface area contributed by atoms with E-state index in [9.17, 15) is 31.2 Å². The third-order valence-corrected chi connectivity index (χ3v) is 5.64. The van der Waals surface area contributed by atoms with Crippen LogP contribution in [0.15, 0.2) is 64.1 Å². The third kappa shape index (κ3) is 6.32. The van der Waals surface area contributed by atoms with Crippen LogP contribution in [0.25, 0.3) is 0 Å². The number of carbonyl (C=O) groups is 2. The summed E-state index contributed by atoms with van der Waals surface area (Å²) in [6.45, 7) is 0.0642. The van der Waals surface area contributed by atoms with Gasteiger partial charge in [0.05, 0.1) is 16.8 Å². The Morgan fingerprint density at radius 2 is 1.70 bits per heavy atom. The molecule has 0 unspecified atom stereocenters. The van der Waals surface area contributed by atoms with E-state index in [2.05, 4.69) is 15.2 Å². The van der Waals surface area contributed by atoms with Crippen molar-refractivity contribution in [2.75, 3.05) is 16.6 Å². The molecule has 2 aromatic carbocycles. The highest BCUT2D eigenvalue weighted by Gasteiger charge is 2.28. The Morgan fingerprint density at radius 1 is 1.03 bits per heavy atom. The first-order valence-electron chi connectivity index (χ1n) is 9.25. The molecule has 3 N–H and O–H groups in total. The lowest BCUT2D eigenvalue weighted by atomic mass is 10.2. The summed E-state index contributed by atoms with van der Waals surface area (Å²) < 4.78 is 69.1. The van der Waals surface area contributed by atoms with Crippen LogP contribution in [0.4, 0.5) is 24.5 Å². The van der Waals surface area contributed by atoms with E-state index in [1.807, 2.05) is 0 Å². The van der Waals surface area contributed by atoms with Crippen LogP contribution in [-0.4, -0.2) is 38.1 Å². The summed E-state index contributed by atoms with van der Waals surface area (Å²) in [6.07, 6.45) is -3.31. The normalized spacial score (nSPS) is 11.6. The number of sulfonamides is 1. The van der Waals surface area contributed by atoms with E-state index >= 15 is 0 Å². The molecular weight excluding hydrogens is 465 g/mol. The van der Waals surface area contributed by atoms with Gasteiger partial charge in [0.25, 0.3) is 21.8 Å². The van der Waals surface area contributed by atoms with Crippen LogP contribution in [-0.2, 0) is 10.0 Å². The average Bonchev–Trinajstić information content (AvgIpc) is 3.17. The van der Waals surface area contributed by atoms with Gasteiger partial charge in [0.1, 0.15) is 17.9 Å². The minimum Gasteiger partial charge on any atom is -0.361 e. The maximum absolute atomic E-state index is 12.6. The van der Waals surface area contributed by atoms with Gasteiger partial charge in [-0.2, -0.15) is 13.2 Å². The SMILES string of the molecule is Cc1oncc1C(=O)Nc1cccc(NS(=O)(=O)c2ccc(C(=O)NCC(F)(F)F)cc2)c1. The molecule has 0 bridgehead atoms. The van der Waals surface area contributed by atoms with Gasteiger partial charge < -0.3 is 15.2 Å². The van der Waals surface area contributed by atoms with Gasteiger partial charge in [-0.1, -0.05) is 11.2 Å². The van der Waals surface area contributed by atoms with Crippen molar-refractivity contribution in [3.05, 3.63) is 71.6 Å². The average molecular weight is 482 g/mol. The molecule has 2 amide bonds. The lowest BCUT2D eigenvalue weighted by Crippen LogP contribution is -2.33. The monoisotopic (exact) mass is 482 g/mol. The Bertz CT molecular complexity index is 1270. The van der Waals surface area contributed by atoms with E-state index in [1.165, 1.54) is 24.4 Å². The predicted molar refractivity (Wildman–Crippen MR) is 111 cm³/mol. The van der Waals surface area contributed by atoms with Gasteiger partial charge in [-0.3, -0.25) is 14.3 Å². The topological polar surface area (TPSA) is 130 Å². The van der Waals surface area contributed by atoms with E-state index in [0.29, 0.717) is 11.4 Å². The molecule has 0 saturated carbocycles. The highest BCUT2D eigenvalue weighted by atomic mass is 32.2. The summed E-state index contributed by atoms with van der Waals surface area (Å²) in [4.78, 5) is 23.8. The van der Waals surface area contributed by atoms with Crippen molar-refractivity contribution >= 4 is 33.2 Å². The molecule has 0 radical (unpaired) electrons. The molecule has 0 aliphatic carbocycles. The van der Waals surface area contributed by atoms with Crippen molar-refractivity contribution < 1.29 is 35.7 Å². The number of aromatic nitrogens is 1. The molecule has 3 rings (SSSR count). The van der Waals surface area contributed by atoms with Crippen molar-refractivity contribution in [3.8, 4) is 0 Å². The smallest absolute Gasteiger partial charge is 0.361 e. The molecule has 9 nitrogen and oxygen atoms in total. The Morgan fingerprint density at radius 3 is 2.30 bits per heavy atom. The van der Waals surface area contributed by atoms with Crippen molar-refractivity contribution in [2.24, 2.45) is 0 Å². The van der Waals surface area contributed by atoms with Gasteiger partial charge in [-0.15, -0.1) is 0 Å². The summed E-state index contributed by atoms with van der Waals surface area (Å²) >= 11 is 0. The molecule has 33 heavy (non-hydrogen) atoms. The summed E-state index contributed by atoms with van der Waals surface area (Å²) in [5.41, 5.74) is 0.534. The number of amides is 2. The molecule has 0 fully saturated rings. The number of benzene rings is 2. The number of carbonyl (C=O) groups excluding carboxylic acids is 2. The fourth-order valence-corrected chi connectivity index (χ4v) is 3.71. The van der Waals surface area contributed by atoms with E-state index in [1.54, 1.807) is 18.3 Å². The van der Waals surface area contributed by atoms with Crippen molar-refractivity contribution in [1.82, 2.24) is 10.5 Å². The summed E-state index contributed by atoms with van der Waals surface area (Å²) in [5.74, 6) is -1.16. The minimum absolute atomic E-state index is 0.132. The first-order chi connectivity index (χ1) is 15.4. The molecule has 174 valence electrons. The number of hydrogen-bond acceptors (Lipinski definition) is 6. The van der Waals surface area contributed by atoms with Crippen LogP contribution in [0.3, 0.4) is 0 Å². The van der Waals surface area contributed by atoms with Crippen molar-refractivity contribution in [3.63, 3.8) is 0 Å². The molecule has 0 atom stereocenters. The van der Waals surface area contributed by atoms with Crippen molar-refractivity contribution in [2.45, 2.75) is 18.0 Å². The summed E-state index contributed by atoms with van der Waals surface area (Å²) in [5, 5.41) is 7.81. The van der Waals surface area contributed by atoms with Gasteiger partial charge in [-0.05, 0) is 49.4 Å². The van der Waals surface area contributed by atoms with E-state index < -0.39 is 34.6 Å². The maximum Gasteiger partial charge on any atom is 0.405 e. The molecular formula is C20H17F3N4O5S. The Balaban J connectivity index is 1.69. The first-order valence-corrected chi connectivity index (χ1v) is 10.7. The number of aryl methyl sites for hydroxylation is 1. The van der Waals surface area contributed by atoms with Crippen LogP contribution >= 0.6 is 0 Å². The van der Waals surface area contributed by atoms with Crippen molar-refractivity contribution in [1.29, 1.82) is 0 Å². The van der Waals surface area contributed by atoms with E-state index in [0.717, 1.165) is 24.3 Å². The minimum atomic E-state index is -4.56. The van der Waals surface area contributed by atoms with Gasteiger partial charge >= 0.3 is 6.18 Å². The van der Waals surface area contributed by atoms with Crippen LogP contribution < -0.4 is 15.4 Å². The predicted octanol–water partition coefficient (Wildman–Crippen LogP) is 3.33. The molecule has 0 spiro atoms. The fraction of sp³-hybridized carbons (Fsp3) is 0.150. The van der Waals surface area contributed by atoms with Crippen LogP contribution in [0.2, 0.25) is 0 Å². The first kappa shape index (κ1) is 23.8. The summed E-state index contributed by atoms with van der Waals surface area (Å²) in [6, 6.07) is 10.3. The molecule has 1 aromatic heterocycles. The Hall–Kier alpha value is -3.87. The number of nitrogens with one attached hydrogen (secondary N) is 3. The van der Waals surface area contributed by atoms with Gasteiger partial charge in [-0.25, -0.2) is 8.42 Å².